The number of ether oxygens (including phenoxy) is 1. The monoisotopic (exact) mass is 309 g/mol. The van der Waals surface area contributed by atoms with Crippen LogP contribution in [0.4, 0.5) is 0 Å². The standard InChI is InChI=1S/C18H31NOS/c1-6-8-14(15-9-7-10-21-15)19-16-11-17(18(16,4)5)20-12-13(2)3/h7,9-10,13-14,16-17,19H,6,8,11-12H2,1-5H3. The van der Waals surface area contributed by atoms with Crippen molar-refractivity contribution in [1.29, 1.82) is 0 Å². The summed E-state index contributed by atoms with van der Waals surface area (Å²) in [7, 11) is 0. The van der Waals surface area contributed by atoms with E-state index in [4.69, 9.17) is 4.74 Å². The summed E-state index contributed by atoms with van der Waals surface area (Å²) in [6.07, 6.45) is 3.98. The van der Waals surface area contributed by atoms with Gasteiger partial charge in [-0.2, -0.15) is 0 Å². The van der Waals surface area contributed by atoms with Crippen LogP contribution in [0.2, 0.25) is 0 Å². The predicted octanol–water partition coefficient (Wildman–Crippen LogP) is 5.02. The molecular weight excluding hydrogens is 278 g/mol. The molecule has 0 aliphatic heterocycles. The fourth-order valence-corrected chi connectivity index (χ4v) is 3.91. The van der Waals surface area contributed by atoms with Crippen LogP contribution in [0.3, 0.4) is 0 Å². The van der Waals surface area contributed by atoms with Crippen LogP contribution < -0.4 is 5.32 Å². The summed E-state index contributed by atoms with van der Waals surface area (Å²) >= 11 is 1.87. The molecule has 120 valence electrons. The van der Waals surface area contributed by atoms with Gasteiger partial charge in [-0.25, -0.2) is 0 Å². The highest BCUT2D eigenvalue weighted by Crippen LogP contribution is 2.44. The van der Waals surface area contributed by atoms with Gasteiger partial charge in [-0.05, 0) is 30.2 Å². The zero-order chi connectivity index (χ0) is 15.5. The molecule has 3 heteroatoms. The maximum absolute atomic E-state index is 6.08. The fourth-order valence-electron chi connectivity index (χ4n) is 3.09. The Bertz CT molecular complexity index is 413. The van der Waals surface area contributed by atoms with E-state index in [1.807, 2.05) is 11.3 Å². The maximum atomic E-state index is 6.08. The first-order valence-electron chi connectivity index (χ1n) is 8.36. The maximum Gasteiger partial charge on any atom is 0.0656 e. The zero-order valence-corrected chi connectivity index (χ0v) is 15.0. The number of hydrogen-bond acceptors (Lipinski definition) is 3. The van der Waals surface area contributed by atoms with Gasteiger partial charge in [-0.1, -0.05) is 47.1 Å². The van der Waals surface area contributed by atoms with Gasteiger partial charge >= 0.3 is 0 Å². The minimum Gasteiger partial charge on any atom is -0.377 e. The van der Waals surface area contributed by atoms with Crippen molar-refractivity contribution in [2.24, 2.45) is 11.3 Å². The van der Waals surface area contributed by atoms with E-state index in [2.05, 4.69) is 57.4 Å². The van der Waals surface area contributed by atoms with E-state index in [0.717, 1.165) is 13.0 Å². The highest BCUT2D eigenvalue weighted by atomic mass is 32.1. The minimum absolute atomic E-state index is 0.234. The third-order valence-corrected chi connectivity index (χ3v) is 5.66. The van der Waals surface area contributed by atoms with Gasteiger partial charge in [0.15, 0.2) is 0 Å². The average Bonchev–Trinajstić information content (AvgIpc) is 2.94. The highest BCUT2D eigenvalue weighted by Gasteiger charge is 2.49. The molecule has 1 aliphatic rings. The Morgan fingerprint density at radius 3 is 2.71 bits per heavy atom. The Morgan fingerprint density at radius 2 is 2.19 bits per heavy atom. The fraction of sp³-hybridized carbons (Fsp3) is 0.778. The summed E-state index contributed by atoms with van der Waals surface area (Å²) in [6.45, 7) is 12.3. The molecule has 2 nitrogen and oxygen atoms in total. The van der Waals surface area contributed by atoms with Crippen LogP contribution in [0, 0.1) is 11.3 Å². The lowest BCUT2D eigenvalue weighted by Crippen LogP contribution is -2.61. The molecule has 0 spiro atoms. The summed E-state index contributed by atoms with van der Waals surface area (Å²) < 4.78 is 6.08. The van der Waals surface area contributed by atoms with Gasteiger partial charge < -0.3 is 10.1 Å². The number of rotatable bonds is 8. The van der Waals surface area contributed by atoms with E-state index in [1.54, 1.807) is 0 Å². The first-order valence-corrected chi connectivity index (χ1v) is 9.24. The molecule has 0 aromatic carbocycles. The van der Waals surface area contributed by atoms with Crippen molar-refractivity contribution in [1.82, 2.24) is 5.32 Å². The van der Waals surface area contributed by atoms with Gasteiger partial charge in [0.1, 0.15) is 0 Å². The van der Waals surface area contributed by atoms with Crippen molar-refractivity contribution in [2.45, 2.75) is 72.1 Å². The summed E-state index contributed by atoms with van der Waals surface area (Å²) in [5.41, 5.74) is 0.234. The van der Waals surface area contributed by atoms with Gasteiger partial charge in [-0.3, -0.25) is 0 Å². The Morgan fingerprint density at radius 1 is 1.43 bits per heavy atom. The normalized spacial score (nSPS) is 25.8. The molecule has 1 aliphatic carbocycles. The molecule has 0 amide bonds. The predicted molar refractivity (Wildman–Crippen MR) is 91.9 cm³/mol. The van der Waals surface area contributed by atoms with E-state index in [-0.39, 0.29) is 5.41 Å². The second-order valence-corrected chi connectivity index (χ2v) is 8.33. The molecule has 21 heavy (non-hydrogen) atoms. The van der Waals surface area contributed by atoms with Gasteiger partial charge in [-0.15, -0.1) is 11.3 Å². The molecule has 3 atom stereocenters. The van der Waals surface area contributed by atoms with Crippen LogP contribution in [0.5, 0.6) is 0 Å². The highest BCUT2D eigenvalue weighted by molar-refractivity contribution is 7.10. The number of thiophene rings is 1. The van der Waals surface area contributed by atoms with Crippen LogP contribution >= 0.6 is 11.3 Å². The van der Waals surface area contributed by atoms with Crippen LogP contribution in [0.1, 0.15) is 64.8 Å². The Kier molecular flexibility index (Phi) is 5.87. The lowest BCUT2D eigenvalue weighted by atomic mass is 9.64. The molecule has 1 aromatic rings. The minimum atomic E-state index is 0.234. The molecule has 2 rings (SSSR count). The molecular formula is C18H31NOS. The lowest BCUT2D eigenvalue weighted by Gasteiger charge is -2.53. The Hall–Kier alpha value is -0.380. The molecule has 3 unspecified atom stereocenters. The molecule has 1 fully saturated rings. The van der Waals surface area contributed by atoms with Gasteiger partial charge in [0.25, 0.3) is 0 Å². The molecule has 1 heterocycles. The largest absolute Gasteiger partial charge is 0.377 e. The molecule has 1 aromatic heterocycles. The van der Waals surface area contributed by atoms with Crippen molar-refractivity contribution in [3.05, 3.63) is 22.4 Å². The zero-order valence-electron chi connectivity index (χ0n) is 14.2. The molecule has 0 bridgehead atoms. The van der Waals surface area contributed by atoms with E-state index in [0.29, 0.717) is 24.1 Å². The van der Waals surface area contributed by atoms with E-state index < -0.39 is 0 Å². The van der Waals surface area contributed by atoms with E-state index >= 15 is 0 Å². The Labute approximate surface area is 134 Å². The third-order valence-electron chi connectivity index (χ3n) is 4.67. The van der Waals surface area contributed by atoms with E-state index in [9.17, 15) is 0 Å². The summed E-state index contributed by atoms with van der Waals surface area (Å²) in [5, 5.41) is 6.08. The first kappa shape index (κ1) is 17.0. The van der Waals surface area contributed by atoms with Crippen LogP contribution in [0.15, 0.2) is 17.5 Å². The van der Waals surface area contributed by atoms with Gasteiger partial charge in [0.05, 0.1) is 6.10 Å². The van der Waals surface area contributed by atoms with Crippen LogP contribution in [-0.4, -0.2) is 18.8 Å². The van der Waals surface area contributed by atoms with Crippen molar-refractivity contribution >= 4 is 11.3 Å². The van der Waals surface area contributed by atoms with Gasteiger partial charge in [0, 0.05) is 29.0 Å². The van der Waals surface area contributed by atoms with Crippen molar-refractivity contribution in [3.63, 3.8) is 0 Å². The van der Waals surface area contributed by atoms with E-state index in [1.165, 1.54) is 17.7 Å². The first-order chi connectivity index (χ1) is 9.95. The smallest absolute Gasteiger partial charge is 0.0656 e. The van der Waals surface area contributed by atoms with Crippen molar-refractivity contribution in [2.75, 3.05) is 6.61 Å². The number of nitrogens with one attached hydrogen (secondary N) is 1. The second-order valence-electron chi connectivity index (χ2n) is 7.35. The van der Waals surface area contributed by atoms with Gasteiger partial charge in [0.2, 0.25) is 0 Å². The SMILES string of the molecule is CCCC(NC1CC(OCC(C)C)C1(C)C)c1cccs1. The lowest BCUT2D eigenvalue weighted by molar-refractivity contribution is -0.126. The Balaban J connectivity index is 1.91. The third kappa shape index (κ3) is 4.08. The molecule has 1 saturated carbocycles. The van der Waals surface area contributed by atoms with Crippen molar-refractivity contribution in [3.8, 4) is 0 Å². The molecule has 0 saturated heterocycles. The number of hydrogen-bond donors (Lipinski definition) is 1. The van der Waals surface area contributed by atoms with Crippen LogP contribution in [-0.2, 0) is 4.74 Å². The molecule has 0 radical (unpaired) electrons. The quantitative estimate of drug-likeness (QED) is 0.728. The average molecular weight is 310 g/mol. The van der Waals surface area contributed by atoms with Crippen LogP contribution in [0.25, 0.3) is 0 Å². The summed E-state index contributed by atoms with van der Waals surface area (Å²) in [4.78, 5) is 1.47. The topological polar surface area (TPSA) is 21.3 Å². The summed E-state index contributed by atoms with van der Waals surface area (Å²) in [5.74, 6) is 0.617. The summed E-state index contributed by atoms with van der Waals surface area (Å²) in [6, 6.07) is 5.49. The second kappa shape index (κ2) is 7.26. The van der Waals surface area contributed by atoms with Crippen molar-refractivity contribution < 1.29 is 4.74 Å². The molecule has 1 N–H and O–H groups in total.